The fourth-order valence-electron chi connectivity index (χ4n) is 3.16. The van der Waals surface area contributed by atoms with E-state index in [-0.39, 0.29) is 25.1 Å². The van der Waals surface area contributed by atoms with Crippen molar-refractivity contribution in [3.63, 3.8) is 0 Å². The van der Waals surface area contributed by atoms with Crippen LogP contribution in [0.1, 0.15) is 35.8 Å². The van der Waals surface area contributed by atoms with Gasteiger partial charge in [0.15, 0.2) is 0 Å². The third-order valence-corrected chi connectivity index (χ3v) is 4.56. The van der Waals surface area contributed by atoms with Crippen LogP contribution in [0.15, 0.2) is 66.7 Å². The molecule has 0 heterocycles. The Balaban J connectivity index is 1.65. The topological polar surface area (TPSA) is 67.4 Å². The number of carbonyl (C=O) groups excluding carboxylic acids is 2. The maximum atomic E-state index is 12.4. The van der Waals surface area contributed by atoms with E-state index >= 15 is 0 Å². The summed E-state index contributed by atoms with van der Waals surface area (Å²) in [4.78, 5) is 24.5. The number of fused-ring (bicyclic) bond motifs is 1. The first-order valence-corrected chi connectivity index (χ1v) is 9.37. The van der Waals surface area contributed by atoms with Gasteiger partial charge in [-0.05, 0) is 42.3 Å². The highest BCUT2D eigenvalue weighted by molar-refractivity contribution is 6.01. The van der Waals surface area contributed by atoms with Gasteiger partial charge in [0.1, 0.15) is 0 Å². The molecule has 0 bridgehead atoms. The van der Waals surface area contributed by atoms with Gasteiger partial charge in [-0.2, -0.15) is 0 Å². The smallest absolute Gasteiger partial charge is 0.340 e. The molecule has 3 rings (SSSR count). The molecule has 0 aliphatic carbocycles. The van der Waals surface area contributed by atoms with Crippen LogP contribution in [0.2, 0.25) is 0 Å². The van der Waals surface area contributed by atoms with Crippen LogP contribution in [0.25, 0.3) is 10.8 Å². The van der Waals surface area contributed by atoms with Crippen LogP contribution < -0.4 is 10.6 Å². The molecule has 3 aromatic carbocycles. The summed E-state index contributed by atoms with van der Waals surface area (Å²) >= 11 is 0. The fraction of sp³-hybridized carbons (Fsp3) is 0.217. The number of rotatable bonds is 7. The number of amides is 1. The van der Waals surface area contributed by atoms with Crippen LogP contribution in [0.4, 0.5) is 5.69 Å². The zero-order chi connectivity index (χ0) is 19.9. The van der Waals surface area contributed by atoms with E-state index in [0.717, 1.165) is 10.9 Å². The molecule has 2 N–H and O–H groups in total. The Morgan fingerprint density at radius 2 is 1.68 bits per heavy atom. The van der Waals surface area contributed by atoms with E-state index < -0.39 is 5.97 Å². The molecular formula is C23H24N2O3. The molecule has 1 atom stereocenters. The molecule has 3 aromatic rings. The molecule has 0 spiro atoms. The first-order valence-electron chi connectivity index (χ1n) is 9.37. The van der Waals surface area contributed by atoms with E-state index in [1.807, 2.05) is 25.1 Å². The lowest BCUT2D eigenvalue weighted by molar-refractivity contribution is -0.115. The molecule has 28 heavy (non-hydrogen) atoms. The zero-order valence-electron chi connectivity index (χ0n) is 16.1. The third-order valence-electron chi connectivity index (χ3n) is 4.56. The molecule has 0 aromatic heterocycles. The lowest BCUT2D eigenvalue weighted by Crippen LogP contribution is -2.30. The van der Waals surface area contributed by atoms with Gasteiger partial charge in [-0.25, -0.2) is 4.79 Å². The Kier molecular flexibility index (Phi) is 6.40. The molecule has 0 saturated carbocycles. The maximum absolute atomic E-state index is 12.4. The van der Waals surface area contributed by atoms with E-state index in [1.54, 1.807) is 31.2 Å². The van der Waals surface area contributed by atoms with Gasteiger partial charge in [-0.15, -0.1) is 0 Å². The summed E-state index contributed by atoms with van der Waals surface area (Å²) in [5.41, 5.74) is 1.93. The standard InChI is InChI=1S/C23H24N2O3/c1-3-28-23(27)20-12-6-7-14-21(20)25-22(26)15-24-16(2)18-13-8-10-17-9-4-5-11-19(17)18/h4-14,16,24H,3,15H2,1-2H3,(H,25,26). The summed E-state index contributed by atoms with van der Waals surface area (Å²) in [5, 5.41) is 8.38. The number of anilines is 1. The van der Waals surface area contributed by atoms with E-state index in [9.17, 15) is 9.59 Å². The number of esters is 1. The Morgan fingerprint density at radius 1 is 0.964 bits per heavy atom. The van der Waals surface area contributed by atoms with Gasteiger partial charge in [0.2, 0.25) is 5.91 Å². The molecule has 0 aliphatic rings. The van der Waals surface area contributed by atoms with Crippen LogP contribution in [0.3, 0.4) is 0 Å². The number of hydrogen-bond acceptors (Lipinski definition) is 4. The number of nitrogens with one attached hydrogen (secondary N) is 2. The van der Waals surface area contributed by atoms with Crippen molar-refractivity contribution in [2.45, 2.75) is 19.9 Å². The first kappa shape index (κ1) is 19.6. The molecule has 5 nitrogen and oxygen atoms in total. The van der Waals surface area contributed by atoms with E-state index in [1.165, 1.54) is 5.39 Å². The predicted molar refractivity (Wildman–Crippen MR) is 111 cm³/mol. The molecule has 0 fully saturated rings. The maximum Gasteiger partial charge on any atom is 0.340 e. The Bertz CT molecular complexity index is 979. The van der Waals surface area contributed by atoms with Crippen molar-refractivity contribution in [1.29, 1.82) is 0 Å². The second-order valence-corrected chi connectivity index (χ2v) is 6.49. The summed E-state index contributed by atoms with van der Waals surface area (Å²) in [7, 11) is 0. The van der Waals surface area contributed by atoms with Crippen molar-refractivity contribution in [2.24, 2.45) is 0 Å². The van der Waals surface area contributed by atoms with E-state index in [2.05, 4.69) is 34.9 Å². The Hall–Kier alpha value is -3.18. The molecular weight excluding hydrogens is 352 g/mol. The summed E-state index contributed by atoms with van der Waals surface area (Å²) in [6, 6.07) is 21.2. The average Bonchev–Trinajstić information content (AvgIpc) is 2.72. The lowest BCUT2D eigenvalue weighted by Gasteiger charge is -2.17. The van der Waals surface area contributed by atoms with Crippen LogP contribution in [0.5, 0.6) is 0 Å². The highest BCUT2D eigenvalue weighted by Crippen LogP contribution is 2.24. The SMILES string of the molecule is CCOC(=O)c1ccccc1NC(=O)CNC(C)c1cccc2ccccc12. The number of ether oxygens (including phenoxy) is 1. The van der Waals surface area contributed by atoms with Crippen LogP contribution in [-0.2, 0) is 9.53 Å². The minimum absolute atomic E-state index is 0.00264. The Morgan fingerprint density at radius 3 is 2.50 bits per heavy atom. The molecule has 5 heteroatoms. The minimum atomic E-state index is -0.449. The molecule has 1 amide bonds. The van der Waals surface area contributed by atoms with Crippen LogP contribution in [0, 0.1) is 0 Å². The van der Waals surface area contributed by atoms with Crippen molar-refractivity contribution < 1.29 is 14.3 Å². The predicted octanol–water partition coefficient (Wildman–Crippen LogP) is 4.31. The normalized spacial score (nSPS) is 11.8. The number of para-hydroxylation sites is 1. The van der Waals surface area contributed by atoms with Gasteiger partial charge in [0.05, 0.1) is 24.4 Å². The van der Waals surface area contributed by atoms with Crippen molar-refractivity contribution in [2.75, 3.05) is 18.5 Å². The third kappa shape index (κ3) is 4.56. The summed E-state index contributed by atoms with van der Waals surface area (Å²) in [6.07, 6.45) is 0. The number of carbonyl (C=O) groups is 2. The molecule has 0 aliphatic heterocycles. The minimum Gasteiger partial charge on any atom is -0.462 e. The van der Waals surface area contributed by atoms with Gasteiger partial charge in [-0.3, -0.25) is 4.79 Å². The monoisotopic (exact) mass is 376 g/mol. The van der Waals surface area contributed by atoms with Gasteiger partial charge in [-0.1, -0.05) is 54.6 Å². The molecule has 1 unspecified atom stereocenters. The highest BCUT2D eigenvalue weighted by Gasteiger charge is 2.15. The zero-order valence-corrected chi connectivity index (χ0v) is 16.1. The first-order chi connectivity index (χ1) is 13.6. The van der Waals surface area contributed by atoms with Crippen molar-refractivity contribution in [1.82, 2.24) is 5.32 Å². The van der Waals surface area contributed by atoms with Gasteiger partial charge in [0.25, 0.3) is 0 Å². The van der Waals surface area contributed by atoms with Gasteiger partial charge in [0, 0.05) is 6.04 Å². The quantitative estimate of drug-likeness (QED) is 0.603. The summed E-state index contributed by atoms with van der Waals surface area (Å²) in [5.74, 6) is -0.667. The average molecular weight is 376 g/mol. The van der Waals surface area contributed by atoms with Crippen molar-refractivity contribution in [3.8, 4) is 0 Å². The molecule has 0 saturated heterocycles. The summed E-state index contributed by atoms with van der Waals surface area (Å²) in [6.45, 7) is 4.19. The second kappa shape index (κ2) is 9.15. The highest BCUT2D eigenvalue weighted by atomic mass is 16.5. The second-order valence-electron chi connectivity index (χ2n) is 6.49. The number of hydrogen-bond donors (Lipinski definition) is 2. The van der Waals surface area contributed by atoms with Crippen LogP contribution >= 0.6 is 0 Å². The molecule has 0 radical (unpaired) electrons. The van der Waals surface area contributed by atoms with Gasteiger partial charge < -0.3 is 15.4 Å². The lowest BCUT2D eigenvalue weighted by atomic mass is 10.00. The fourth-order valence-corrected chi connectivity index (χ4v) is 3.16. The van der Waals surface area contributed by atoms with Crippen molar-refractivity contribution in [3.05, 3.63) is 77.9 Å². The number of benzene rings is 3. The largest absolute Gasteiger partial charge is 0.462 e. The molecule has 144 valence electrons. The Labute approximate surface area is 164 Å². The van der Waals surface area contributed by atoms with Crippen LogP contribution in [-0.4, -0.2) is 25.0 Å². The van der Waals surface area contributed by atoms with E-state index in [4.69, 9.17) is 4.74 Å². The van der Waals surface area contributed by atoms with Crippen molar-refractivity contribution >= 4 is 28.3 Å². The van der Waals surface area contributed by atoms with E-state index in [0.29, 0.717) is 11.3 Å². The van der Waals surface area contributed by atoms with Gasteiger partial charge >= 0.3 is 5.97 Å². The summed E-state index contributed by atoms with van der Waals surface area (Å²) < 4.78 is 5.04.